The molecule has 3 atom stereocenters. The lowest BCUT2D eigenvalue weighted by Gasteiger charge is -2.61. The van der Waals surface area contributed by atoms with E-state index in [2.05, 4.69) is 32.8 Å². The van der Waals surface area contributed by atoms with E-state index in [0.29, 0.717) is 41.2 Å². The fourth-order valence-electron chi connectivity index (χ4n) is 11.1. The Bertz CT molecular complexity index is 2360. The summed E-state index contributed by atoms with van der Waals surface area (Å²) in [5.74, 6) is 0.500. The van der Waals surface area contributed by atoms with E-state index in [0.717, 1.165) is 71.2 Å². The molecule has 1 N–H and O–H groups in total. The topological polar surface area (TPSA) is 122 Å². The molecule has 1 amide bonds. The highest BCUT2D eigenvalue weighted by molar-refractivity contribution is 7.22. The molecular weight excluding hydrogens is 721 g/mol. The summed E-state index contributed by atoms with van der Waals surface area (Å²) in [4.78, 5) is 40.0. The van der Waals surface area contributed by atoms with E-state index in [1.807, 2.05) is 94.8 Å². The second kappa shape index (κ2) is 13.3. The first kappa shape index (κ1) is 36.6. The van der Waals surface area contributed by atoms with Gasteiger partial charge in [0.2, 0.25) is 0 Å². The van der Waals surface area contributed by atoms with Crippen LogP contribution in [0.3, 0.4) is 0 Å². The van der Waals surface area contributed by atoms with E-state index in [9.17, 15) is 14.9 Å². The van der Waals surface area contributed by atoms with Crippen LogP contribution < -0.4 is 5.32 Å². The molecule has 0 radical (unpaired) electrons. The first-order valence-electron chi connectivity index (χ1n) is 19.7. The molecule has 4 bridgehead atoms. The van der Waals surface area contributed by atoms with E-state index >= 15 is 0 Å². The van der Waals surface area contributed by atoms with Crippen molar-refractivity contribution in [3.8, 4) is 6.07 Å². The molecule has 2 aliphatic heterocycles. The fraction of sp³-hybridized carbons (Fsp3) is 0.444. The SMILES string of the molecule is COC12CC3CC(CC(Cn4c(C#N)cc(C5(N6C=Cc7cccc(C(=O)Nc8nc9ccccc9s8)c7C6)CC=CN=C5C(=O)OC(C)(C)C)c4C)(C3)C1)C2. The number of fused-ring (bicyclic) bond motifs is 2. The normalized spacial score (nSPS) is 27.6. The molecule has 4 heterocycles. The van der Waals surface area contributed by atoms with Gasteiger partial charge in [-0.15, -0.1) is 0 Å². The van der Waals surface area contributed by atoms with E-state index in [1.54, 1.807) is 6.20 Å². The van der Waals surface area contributed by atoms with Gasteiger partial charge in [-0.05, 0) is 125 Å². The highest BCUT2D eigenvalue weighted by Crippen LogP contribution is 2.63. The number of nitrogens with zero attached hydrogens (tertiary/aromatic N) is 5. The van der Waals surface area contributed by atoms with E-state index < -0.39 is 17.1 Å². The summed E-state index contributed by atoms with van der Waals surface area (Å²) in [5, 5.41) is 14.4. The van der Waals surface area contributed by atoms with Gasteiger partial charge in [0, 0.05) is 55.8 Å². The van der Waals surface area contributed by atoms with Gasteiger partial charge in [-0.1, -0.05) is 41.7 Å². The van der Waals surface area contributed by atoms with Crippen LogP contribution in [0, 0.1) is 35.5 Å². The second-order valence-corrected chi connectivity index (χ2v) is 18.8. The van der Waals surface area contributed by atoms with Gasteiger partial charge in [0.25, 0.3) is 5.91 Å². The minimum atomic E-state index is -1.14. The summed E-state index contributed by atoms with van der Waals surface area (Å²) in [5.41, 5.74) is 3.70. The molecule has 56 heavy (non-hydrogen) atoms. The molecule has 0 saturated heterocycles. The zero-order chi connectivity index (χ0) is 39.0. The number of methoxy groups -OCH3 is 1. The minimum absolute atomic E-state index is 0.0317. The molecule has 2 aromatic carbocycles. The van der Waals surface area contributed by atoms with Crippen LogP contribution in [0.15, 0.2) is 72.0 Å². The van der Waals surface area contributed by atoms with Crippen molar-refractivity contribution in [2.24, 2.45) is 22.2 Å². The molecule has 10 rings (SSSR count). The first-order valence-corrected chi connectivity index (χ1v) is 20.5. The van der Waals surface area contributed by atoms with Crippen molar-refractivity contribution in [2.75, 3.05) is 12.4 Å². The van der Waals surface area contributed by atoms with Crippen molar-refractivity contribution in [1.29, 1.82) is 5.26 Å². The molecule has 4 aromatic rings. The van der Waals surface area contributed by atoms with Gasteiger partial charge in [-0.2, -0.15) is 5.26 Å². The number of carbonyl (C=O) groups excluding carboxylic acids is 2. The summed E-state index contributed by atoms with van der Waals surface area (Å²) in [6.45, 7) is 8.67. The van der Waals surface area contributed by atoms with E-state index in [-0.39, 0.29) is 22.6 Å². The summed E-state index contributed by atoms with van der Waals surface area (Å²) in [6, 6.07) is 18.1. The Morgan fingerprint density at radius 1 is 1.09 bits per heavy atom. The van der Waals surface area contributed by atoms with E-state index in [4.69, 9.17) is 14.5 Å². The summed E-state index contributed by atoms with van der Waals surface area (Å²) < 4.78 is 15.6. The van der Waals surface area contributed by atoms with Gasteiger partial charge in [0.1, 0.15) is 22.9 Å². The zero-order valence-electron chi connectivity index (χ0n) is 32.7. The van der Waals surface area contributed by atoms with E-state index in [1.165, 1.54) is 17.8 Å². The number of carbonyl (C=O) groups is 2. The third-order valence-corrected chi connectivity index (χ3v) is 13.9. The maximum absolute atomic E-state index is 14.4. The molecule has 2 aromatic heterocycles. The lowest BCUT2D eigenvalue weighted by Crippen LogP contribution is -2.57. The van der Waals surface area contributed by atoms with Gasteiger partial charge in [-0.3, -0.25) is 15.1 Å². The average Bonchev–Trinajstić information content (AvgIpc) is 3.72. The lowest BCUT2D eigenvalue weighted by atomic mass is 9.48. The predicted octanol–water partition coefficient (Wildman–Crippen LogP) is 8.90. The largest absolute Gasteiger partial charge is 0.455 e. The smallest absolute Gasteiger partial charge is 0.356 e. The van der Waals surface area contributed by atoms with Crippen LogP contribution in [0.1, 0.15) is 104 Å². The number of thiazole rings is 1. The van der Waals surface area contributed by atoms with Crippen molar-refractivity contribution < 1.29 is 19.1 Å². The number of esters is 1. The average molecular weight is 769 g/mol. The van der Waals surface area contributed by atoms with Crippen molar-refractivity contribution in [2.45, 2.75) is 102 Å². The second-order valence-electron chi connectivity index (χ2n) is 17.8. The highest BCUT2D eigenvalue weighted by Gasteiger charge is 2.58. The van der Waals surface area contributed by atoms with Crippen LogP contribution >= 0.6 is 11.3 Å². The summed E-state index contributed by atoms with van der Waals surface area (Å²) >= 11 is 1.44. The van der Waals surface area contributed by atoms with Crippen LogP contribution in [-0.4, -0.2) is 50.4 Å². The number of rotatable bonds is 8. The molecular formula is C45H48N6O4S. The Hall–Kier alpha value is -5.05. The molecule has 288 valence electrons. The Morgan fingerprint density at radius 3 is 2.61 bits per heavy atom. The number of ether oxygens (including phenoxy) is 2. The zero-order valence-corrected chi connectivity index (χ0v) is 33.5. The third kappa shape index (κ3) is 6.09. The standard InChI is InChI=1S/C45H48N6O4S/c1-28-35(19-32(24-46)51(28)27-43-20-29-18-30(21-43)23-44(22-29,26-43)54-5)45(15-9-16-47-38(45)40(53)55-42(2,3)4)50-17-14-31-10-8-11-33(34(31)25-50)39(52)49-41-48-36-12-6-7-13-37(36)56-41/h6-14,16-17,19,29-30H,15,18,20-23,25-27H2,1-5H3,(H,48,49,52). The van der Waals surface area contributed by atoms with Crippen molar-refractivity contribution >= 4 is 50.3 Å². The Morgan fingerprint density at radius 2 is 1.88 bits per heavy atom. The number of hydrogen-bond acceptors (Lipinski definition) is 9. The third-order valence-electron chi connectivity index (χ3n) is 12.9. The molecule has 4 aliphatic carbocycles. The van der Waals surface area contributed by atoms with Gasteiger partial charge in [-0.25, -0.2) is 9.78 Å². The number of amides is 1. The molecule has 3 unspecified atom stereocenters. The first-order chi connectivity index (χ1) is 26.8. The Kier molecular flexibility index (Phi) is 8.67. The maximum atomic E-state index is 14.4. The monoisotopic (exact) mass is 768 g/mol. The molecule has 6 aliphatic rings. The van der Waals surface area contributed by atoms with Crippen molar-refractivity contribution in [3.05, 3.63) is 101 Å². The quantitative estimate of drug-likeness (QED) is 0.178. The lowest BCUT2D eigenvalue weighted by molar-refractivity contribution is -0.183. The van der Waals surface area contributed by atoms with Crippen LogP contribution in [0.5, 0.6) is 0 Å². The van der Waals surface area contributed by atoms with Gasteiger partial charge >= 0.3 is 5.97 Å². The van der Waals surface area contributed by atoms with Gasteiger partial charge in [0.05, 0.1) is 15.8 Å². The Labute approximate surface area is 331 Å². The van der Waals surface area contributed by atoms with Crippen LogP contribution in [-0.2, 0) is 32.9 Å². The number of hydrogen-bond donors (Lipinski definition) is 1. The van der Waals surface area contributed by atoms with Gasteiger partial charge in [0.15, 0.2) is 10.8 Å². The summed E-state index contributed by atoms with van der Waals surface area (Å²) in [7, 11) is 1.87. The predicted molar refractivity (Wildman–Crippen MR) is 218 cm³/mol. The number of aliphatic imine (C=N–C) groups is 1. The highest BCUT2D eigenvalue weighted by atomic mass is 32.1. The number of nitrogens with one attached hydrogen (secondary N) is 1. The van der Waals surface area contributed by atoms with Crippen LogP contribution in [0.4, 0.5) is 5.13 Å². The van der Waals surface area contributed by atoms with Crippen LogP contribution in [0.2, 0.25) is 0 Å². The molecule has 4 fully saturated rings. The molecule has 11 heteroatoms. The number of para-hydroxylation sites is 1. The van der Waals surface area contributed by atoms with Crippen molar-refractivity contribution in [3.63, 3.8) is 0 Å². The molecule has 0 spiro atoms. The maximum Gasteiger partial charge on any atom is 0.356 e. The van der Waals surface area contributed by atoms with Crippen LogP contribution in [0.25, 0.3) is 16.3 Å². The summed E-state index contributed by atoms with van der Waals surface area (Å²) in [6.07, 6.45) is 14.8. The van der Waals surface area contributed by atoms with Crippen molar-refractivity contribution in [1.82, 2.24) is 14.5 Å². The fourth-order valence-corrected chi connectivity index (χ4v) is 12.0. The number of aromatic nitrogens is 2. The number of nitriles is 1. The molecule has 4 saturated carbocycles. The van der Waals surface area contributed by atoms with Gasteiger partial charge < -0.3 is 18.9 Å². The Balaban J connectivity index is 1.13. The minimum Gasteiger partial charge on any atom is -0.455 e. The number of benzene rings is 2. The number of anilines is 1. The molecule has 10 nitrogen and oxygen atoms in total.